The number of imidazole rings is 1. The number of nitrogens with one attached hydrogen (secondary N) is 1. The van der Waals surface area contributed by atoms with E-state index in [-0.39, 0.29) is 5.91 Å². The molecule has 0 fully saturated rings. The smallest absolute Gasteiger partial charge is 0.251 e. The van der Waals surface area contributed by atoms with Gasteiger partial charge in [0, 0.05) is 12.1 Å². The van der Waals surface area contributed by atoms with Crippen LogP contribution in [0.3, 0.4) is 0 Å². The number of carbonyl (C=O) groups is 1. The molecule has 0 aliphatic rings. The van der Waals surface area contributed by atoms with E-state index in [0.29, 0.717) is 12.1 Å². The molecule has 140 valence electrons. The molecule has 28 heavy (non-hydrogen) atoms. The number of amides is 1. The van der Waals surface area contributed by atoms with Crippen LogP contribution in [0.2, 0.25) is 0 Å². The number of rotatable bonds is 4. The van der Waals surface area contributed by atoms with Crippen molar-refractivity contribution in [3.8, 4) is 5.69 Å². The molecule has 4 rings (SSSR count). The van der Waals surface area contributed by atoms with Gasteiger partial charge in [-0.05, 0) is 56.2 Å². The molecule has 0 atom stereocenters. The summed E-state index contributed by atoms with van der Waals surface area (Å²) in [7, 11) is 0. The summed E-state index contributed by atoms with van der Waals surface area (Å²) < 4.78 is 2.07. The molecule has 0 saturated heterocycles. The minimum atomic E-state index is -0.0939. The summed E-state index contributed by atoms with van der Waals surface area (Å²) in [6.07, 6.45) is 1.82. The Morgan fingerprint density at radius 3 is 2.43 bits per heavy atom. The lowest BCUT2D eigenvalue weighted by atomic mass is 10.1. The van der Waals surface area contributed by atoms with Crippen LogP contribution in [0.25, 0.3) is 16.7 Å². The maximum absolute atomic E-state index is 12.6. The Kier molecular flexibility index (Phi) is 4.70. The first-order chi connectivity index (χ1) is 13.5. The highest BCUT2D eigenvalue weighted by Crippen LogP contribution is 2.22. The number of aryl methyl sites for hydroxylation is 3. The molecule has 1 aromatic heterocycles. The summed E-state index contributed by atoms with van der Waals surface area (Å²) in [6, 6.07) is 20.2. The first-order valence-electron chi connectivity index (χ1n) is 9.40. The van der Waals surface area contributed by atoms with Crippen LogP contribution in [0.4, 0.5) is 0 Å². The van der Waals surface area contributed by atoms with Crippen LogP contribution in [-0.2, 0) is 6.54 Å². The zero-order chi connectivity index (χ0) is 19.7. The minimum absolute atomic E-state index is 0.0939. The average molecular weight is 369 g/mol. The first kappa shape index (κ1) is 18.0. The molecule has 1 N–H and O–H groups in total. The largest absolute Gasteiger partial charge is 0.348 e. The van der Waals surface area contributed by atoms with Gasteiger partial charge < -0.3 is 5.32 Å². The van der Waals surface area contributed by atoms with Gasteiger partial charge in [0.25, 0.3) is 5.91 Å². The van der Waals surface area contributed by atoms with E-state index in [4.69, 9.17) is 0 Å². The summed E-state index contributed by atoms with van der Waals surface area (Å²) in [5, 5.41) is 2.98. The van der Waals surface area contributed by atoms with Crippen LogP contribution in [0.1, 0.15) is 32.6 Å². The average Bonchev–Trinajstić information content (AvgIpc) is 3.10. The SMILES string of the molecule is Cc1ccc(CNC(=O)c2ccc3c(c2)ncn3-c2ccc(C)cc2C)cc1. The Bertz CT molecular complexity index is 1160. The van der Waals surface area contributed by atoms with Crippen molar-refractivity contribution in [2.45, 2.75) is 27.3 Å². The normalized spacial score (nSPS) is 11.0. The lowest BCUT2D eigenvalue weighted by molar-refractivity contribution is 0.0951. The van der Waals surface area contributed by atoms with Gasteiger partial charge in [0.2, 0.25) is 0 Å². The number of carbonyl (C=O) groups excluding carboxylic acids is 1. The fraction of sp³-hybridized carbons (Fsp3) is 0.167. The van der Waals surface area contributed by atoms with Crippen molar-refractivity contribution in [1.29, 1.82) is 0 Å². The van der Waals surface area contributed by atoms with E-state index in [2.05, 4.69) is 53.8 Å². The molecule has 0 aliphatic heterocycles. The maximum Gasteiger partial charge on any atom is 0.251 e. The van der Waals surface area contributed by atoms with Gasteiger partial charge in [0.1, 0.15) is 6.33 Å². The summed E-state index contributed by atoms with van der Waals surface area (Å²) in [5.41, 5.74) is 8.23. The predicted octanol–water partition coefficient (Wildman–Crippen LogP) is 4.88. The second kappa shape index (κ2) is 7.31. The lowest BCUT2D eigenvalue weighted by Gasteiger charge is -2.10. The summed E-state index contributed by atoms with van der Waals surface area (Å²) in [4.78, 5) is 17.1. The third kappa shape index (κ3) is 3.54. The summed E-state index contributed by atoms with van der Waals surface area (Å²) in [5.74, 6) is -0.0939. The molecule has 1 heterocycles. The molecule has 0 radical (unpaired) electrons. The van der Waals surface area contributed by atoms with E-state index in [0.717, 1.165) is 22.3 Å². The number of fused-ring (bicyclic) bond motifs is 1. The van der Waals surface area contributed by atoms with Gasteiger partial charge in [-0.15, -0.1) is 0 Å². The molecule has 0 aliphatic carbocycles. The molecule has 4 nitrogen and oxygen atoms in total. The lowest BCUT2D eigenvalue weighted by Crippen LogP contribution is -2.22. The van der Waals surface area contributed by atoms with E-state index < -0.39 is 0 Å². The van der Waals surface area contributed by atoms with Crippen molar-refractivity contribution < 1.29 is 4.79 Å². The molecule has 4 heteroatoms. The van der Waals surface area contributed by atoms with Crippen molar-refractivity contribution >= 4 is 16.9 Å². The van der Waals surface area contributed by atoms with Gasteiger partial charge in [-0.2, -0.15) is 0 Å². The van der Waals surface area contributed by atoms with Crippen molar-refractivity contribution in [2.24, 2.45) is 0 Å². The third-order valence-electron chi connectivity index (χ3n) is 4.99. The number of benzene rings is 3. The molecular weight excluding hydrogens is 346 g/mol. The summed E-state index contributed by atoms with van der Waals surface area (Å²) >= 11 is 0. The predicted molar refractivity (Wildman–Crippen MR) is 113 cm³/mol. The number of hydrogen-bond acceptors (Lipinski definition) is 2. The molecule has 0 spiro atoms. The third-order valence-corrected chi connectivity index (χ3v) is 4.99. The fourth-order valence-corrected chi connectivity index (χ4v) is 3.41. The fourth-order valence-electron chi connectivity index (χ4n) is 3.41. The van der Waals surface area contributed by atoms with Crippen molar-refractivity contribution in [2.75, 3.05) is 0 Å². The number of nitrogens with zero attached hydrogens (tertiary/aromatic N) is 2. The van der Waals surface area contributed by atoms with Crippen molar-refractivity contribution in [1.82, 2.24) is 14.9 Å². The molecule has 0 bridgehead atoms. The van der Waals surface area contributed by atoms with Crippen LogP contribution >= 0.6 is 0 Å². The number of hydrogen-bond donors (Lipinski definition) is 1. The second-order valence-electron chi connectivity index (χ2n) is 7.28. The van der Waals surface area contributed by atoms with Crippen molar-refractivity contribution in [3.05, 3.63) is 94.8 Å². The second-order valence-corrected chi connectivity index (χ2v) is 7.28. The van der Waals surface area contributed by atoms with Gasteiger partial charge in [0.05, 0.1) is 16.7 Å². The van der Waals surface area contributed by atoms with Crippen LogP contribution in [0.15, 0.2) is 67.0 Å². The maximum atomic E-state index is 12.6. The topological polar surface area (TPSA) is 46.9 Å². The molecule has 0 unspecified atom stereocenters. The van der Waals surface area contributed by atoms with Gasteiger partial charge in [-0.25, -0.2) is 4.98 Å². The van der Waals surface area contributed by atoms with Crippen LogP contribution in [0.5, 0.6) is 0 Å². The quantitative estimate of drug-likeness (QED) is 0.557. The molecule has 0 saturated carbocycles. The summed E-state index contributed by atoms with van der Waals surface area (Å²) in [6.45, 7) is 6.74. The van der Waals surface area contributed by atoms with Crippen LogP contribution in [0, 0.1) is 20.8 Å². The standard InChI is InChI=1S/C24H23N3O/c1-16-4-7-19(8-5-16)14-25-24(28)20-9-11-23-21(13-20)26-15-27(23)22-10-6-17(2)12-18(22)3/h4-13,15H,14H2,1-3H3,(H,25,28). The molecule has 1 amide bonds. The first-order valence-corrected chi connectivity index (χ1v) is 9.40. The van der Waals surface area contributed by atoms with Gasteiger partial charge in [-0.1, -0.05) is 47.5 Å². The highest BCUT2D eigenvalue weighted by molar-refractivity contribution is 5.97. The van der Waals surface area contributed by atoms with E-state index in [9.17, 15) is 4.79 Å². The molecule has 3 aromatic carbocycles. The molecular formula is C24H23N3O. The van der Waals surface area contributed by atoms with Gasteiger partial charge >= 0.3 is 0 Å². The van der Waals surface area contributed by atoms with Gasteiger partial charge in [0.15, 0.2) is 0 Å². The monoisotopic (exact) mass is 369 g/mol. The van der Waals surface area contributed by atoms with Crippen molar-refractivity contribution in [3.63, 3.8) is 0 Å². The Morgan fingerprint density at radius 2 is 1.68 bits per heavy atom. The van der Waals surface area contributed by atoms with Crippen LogP contribution < -0.4 is 5.32 Å². The van der Waals surface area contributed by atoms with Gasteiger partial charge in [-0.3, -0.25) is 9.36 Å². The Morgan fingerprint density at radius 1 is 0.929 bits per heavy atom. The zero-order valence-corrected chi connectivity index (χ0v) is 16.4. The Balaban J connectivity index is 1.56. The number of aromatic nitrogens is 2. The zero-order valence-electron chi connectivity index (χ0n) is 16.4. The van der Waals surface area contributed by atoms with E-state index in [1.165, 1.54) is 16.7 Å². The van der Waals surface area contributed by atoms with E-state index in [1.54, 1.807) is 0 Å². The Labute approximate surface area is 164 Å². The van der Waals surface area contributed by atoms with E-state index >= 15 is 0 Å². The minimum Gasteiger partial charge on any atom is -0.348 e. The Hall–Kier alpha value is -3.40. The van der Waals surface area contributed by atoms with Crippen LogP contribution in [-0.4, -0.2) is 15.5 Å². The highest BCUT2D eigenvalue weighted by atomic mass is 16.1. The van der Waals surface area contributed by atoms with E-state index in [1.807, 2.05) is 48.8 Å². The molecule has 4 aromatic rings. The highest BCUT2D eigenvalue weighted by Gasteiger charge is 2.11.